The third-order valence-corrected chi connectivity index (χ3v) is 5.03. The lowest BCUT2D eigenvalue weighted by Gasteiger charge is -2.54. The Morgan fingerprint density at radius 3 is 2.77 bits per heavy atom. The third kappa shape index (κ3) is 3.00. The molecule has 2 fully saturated rings. The predicted octanol–water partition coefficient (Wildman–Crippen LogP) is 1.91. The van der Waals surface area contributed by atoms with Crippen molar-refractivity contribution in [3.05, 3.63) is 35.9 Å². The molecule has 0 bridgehead atoms. The first-order chi connectivity index (χ1) is 10.00. The summed E-state index contributed by atoms with van der Waals surface area (Å²) in [5, 5.41) is 3.15. The Kier molecular flexibility index (Phi) is 5.15. The van der Waals surface area contributed by atoms with Gasteiger partial charge in [0, 0.05) is 24.0 Å². The molecule has 0 spiro atoms. The lowest BCUT2D eigenvalue weighted by molar-refractivity contribution is -0.138. The van der Waals surface area contributed by atoms with E-state index < -0.39 is 6.04 Å². The largest absolute Gasteiger partial charge is 0.377 e. The van der Waals surface area contributed by atoms with Crippen LogP contribution in [0.5, 0.6) is 0 Å². The highest BCUT2D eigenvalue weighted by Crippen LogP contribution is 2.52. The molecule has 1 amide bonds. The van der Waals surface area contributed by atoms with E-state index in [1.165, 1.54) is 0 Å². The lowest BCUT2D eigenvalue weighted by Crippen LogP contribution is -2.68. The Labute approximate surface area is 138 Å². The van der Waals surface area contributed by atoms with Crippen LogP contribution in [0.2, 0.25) is 0 Å². The highest BCUT2D eigenvalue weighted by atomic mass is 35.5. The van der Waals surface area contributed by atoms with Gasteiger partial charge in [-0.3, -0.25) is 4.79 Å². The quantitative estimate of drug-likeness (QED) is 0.889. The standard InChI is InChI=1S/C17H24N2O2.ClH/c1-17(2)14(12-8-9-21-15(12)17)19-16(20)13(18)10-11-6-4-3-5-7-11;/h3-7,12-15H,8-10,18H2,1-2H3,(H,19,20);1H/t12?,13-,14?,15?;/m0./s1. The van der Waals surface area contributed by atoms with Crippen molar-refractivity contribution in [1.29, 1.82) is 0 Å². The summed E-state index contributed by atoms with van der Waals surface area (Å²) in [6.45, 7) is 5.13. The number of fused-ring (bicyclic) bond motifs is 1. The number of nitrogens with two attached hydrogens (primary N) is 1. The fraction of sp³-hybridized carbons (Fsp3) is 0.588. The normalized spacial score (nSPS) is 29.7. The molecular formula is C17H25ClN2O2. The highest BCUT2D eigenvalue weighted by molar-refractivity contribution is 5.85. The fourth-order valence-corrected chi connectivity index (χ4v) is 3.84. The maximum atomic E-state index is 12.4. The van der Waals surface area contributed by atoms with Crippen molar-refractivity contribution >= 4 is 18.3 Å². The number of ether oxygens (including phenoxy) is 1. The van der Waals surface area contributed by atoms with Gasteiger partial charge in [0.15, 0.2) is 0 Å². The van der Waals surface area contributed by atoms with Crippen LogP contribution in [-0.4, -0.2) is 30.7 Å². The fourth-order valence-electron chi connectivity index (χ4n) is 3.84. The summed E-state index contributed by atoms with van der Waals surface area (Å²) in [5.41, 5.74) is 7.15. The Morgan fingerprint density at radius 1 is 1.41 bits per heavy atom. The van der Waals surface area contributed by atoms with Crippen LogP contribution in [0.1, 0.15) is 25.8 Å². The van der Waals surface area contributed by atoms with E-state index in [2.05, 4.69) is 19.2 Å². The van der Waals surface area contributed by atoms with Crippen molar-refractivity contribution in [3.8, 4) is 0 Å². The van der Waals surface area contributed by atoms with Gasteiger partial charge in [0.1, 0.15) is 0 Å². The molecule has 0 radical (unpaired) electrons. The summed E-state index contributed by atoms with van der Waals surface area (Å²) >= 11 is 0. The van der Waals surface area contributed by atoms with Crippen LogP contribution in [-0.2, 0) is 16.0 Å². The Balaban J connectivity index is 0.00000176. The molecule has 4 nitrogen and oxygen atoms in total. The number of carbonyl (C=O) groups excluding carboxylic acids is 1. The zero-order valence-electron chi connectivity index (χ0n) is 13.1. The van der Waals surface area contributed by atoms with E-state index in [9.17, 15) is 4.79 Å². The molecule has 1 aromatic carbocycles. The first-order valence-electron chi connectivity index (χ1n) is 7.71. The predicted molar refractivity (Wildman–Crippen MR) is 88.9 cm³/mol. The monoisotopic (exact) mass is 324 g/mol. The average Bonchev–Trinajstić information content (AvgIpc) is 2.92. The van der Waals surface area contributed by atoms with Gasteiger partial charge in [-0.2, -0.15) is 0 Å². The van der Waals surface area contributed by atoms with Crippen LogP contribution < -0.4 is 11.1 Å². The SMILES string of the molecule is CC1(C)C(NC(=O)[C@@H](N)Cc2ccccc2)C2CCOC21.Cl. The number of nitrogens with one attached hydrogen (secondary N) is 1. The van der Waals surface area contributed by atoms with Crippen molar-refractivity contribution in [2.45, 2.75) is 44.9 Å². The lowest BCUT2D eigenvalue weighted by atomic mass is 9.57. The minimum absolute atomic E-state index is 0. The summed E-state index contributed by atoms with van der Waals surface area (Å²) in [6, 6.07) is 9.59. The molecule has 3 unspecified atom stereocenters. The molecule has 3 N–H and O–H groups in total. The minimum Gasteiger partial charge on any atom is -0.377 e. The molecule has 1 saturated carbocycles. The van der Waals surface area contributed by atoms with Gasteiger partial charge in [-0.25, -0.2) is 0 Å². The smallest absolute Gasteiger partial charge is 0.237 e. The molecule has 1 heterocycles. The summed E-state index contributed by atoms with van der Waals surface area (Å²) in [6.07, 6.45) is 1.89. The van der Waals surface area contributed by atoms with Crippen LogP contribution in [0.4, 0.5) is 0 Å². The molecule has 1 aliphatic heterocycles. The molecule has 1 saturated heterocycles. The number of benzene rings is 1. The molecule has 122 valence electrons. The molecule has 2 aliphatic rings. The molecule has 3 rings (SSSR count). The van der Waals surface area contributed by atoms with Crippen LogP contribution in [0, 0.1) is 11.3 Å². The van der Waals surface area contributed by atoms with Gasteiger partial charge in [0.2, 0.25) is 5.91 Å². The van der Waals surface area contributed by atoms with Gasteiger partial charge in [-0.1, -0.05) is 44.2 Å². The number of halogens is 1. The zero-order chi connectivity index (χ0) is 15.0. The van der Waals surface area contributed by atoms with Gasteiger partial charge in [-0.15, -0.1) is 12.4 Å². The van der Waals surface area contributed by atoms with Gasteiger partial charge >= 0.3 is 0 Å². The summed E-state index contributed by atoms with van der Waals surface area (Å²) in [4.78, 5) is 12.4. The van der Waals surface area contributed by atoms with Crippen LogP contribution >= 0.6 is 12.4 Å². The van der Waals surface area contributed by atoms with Crippen LogP contribution in [0.15, 0.2) is 30.3 Å². The molecule has 1 aliphatic carbocycles. The van der Waals surface area contributed by atoms with Crippen LogP contribution in [0.25, 0.3) is 0 Å². The van der Waals surface area contributed by atoms with E-state index in [1.54, 1.807) is 0 Å². The highest BCUT2D eigenvalue weighted by Gasteiger charge is 2.59. The molecule has 5 heteroatoms. The van der Waals surface area contributed by atoms with E-state index >= 15 is 0 Å². The second kappa shape index (κ2) is 6.57. The van der Waals surface area contributed by atoms with Crippen molar-refractivity contribution in [3.63, 3.8) is 0 Å². The van der Waals surface area contributed by atoms with Gasteiger partial charge < -0.3 is 15.8 Å². The first kappa shape index (κ1) is 17.3. The van der Waals surface area contributed by atoms with Crippen molar-refractivity contribution in [1.82, 2.24) is 5.32 Å². The van der Waals surface area contributed by atoms with E-state index in [4.69, 9.17) is 10.5 Å². The van der Waals surface area contributed by atoms with Crippen molar-refractivity contribution in [2.75, 3.05) is 6.61 Å². The second-order valence-electron chi connectivity index (χ2n) is 6.85. The summed E-state index contributed by atoms with van der Waals surface area (Å²) in [7, 11) is 0. The Morgan fingerprint density at radius 2 is 2.09 bits per heavy atom. The van der Waals surface area contributed by atoms with Crippen molar-refractivity contribution < 1.29 is 9.53 Å². The first-order valence-corrected chi connectivity index (χ1v) is 7.71. The molecule has 22 heavy (non-hydrogen) atoms. The average molecular weight is 325 g/mol. The number of rotatable bonds is 4. The summed E-state index contributed by atoms with van der Waals surface area (Å²) in [5.74, 6) is 0.398. The van der Waals surface area contributed by atoms with E-state index in [0.29, 0.717) is 12.3 Å². The van der Waals surface area contributed by atoms with E-state index in [-0.39, 0.29) is 35.9 Å². The van der Waals surface area contributed by atoms with Crippen LogP contribution in [0.3, 0.4) is 0 Å². The zero-order valence-corrected chi connectivity index (χ0v) is 13.9. The van der Waals surface area contributed by atoms with Gasteiger partial charge in [-0.05, 0) is 18.4 Å². The Bertz CT molecular complexity index is 521. The topological polar surface area (TPSA) is 64.4 Å². The number of carbonyl (C=O) groups is 1. The number of hydrogen-bond acceptors (Lipinski definition) is 3. The van der Waals surface area contributed by atoms with Crippen molar-refractivity contribution in [2.24, 2.45) is 17.1 Å². The number of amides is 1. The van der Waals surface area contributed by atoms with Gasteiger partial charge in [0.25, 0.3) is 0 Å². The third-order valence-electron chi connectivity index (χ3n) is 5.03. The maximum Gasteiger partial charge on any atom is 0.237 e. The molecular weight excluding hydrogens is 300 g/mol. The molecule has 4 atom stereocenters. The summed E-state index contributed by atoms with van der Waals surface area (Å²) < 4.78 is 5.75. The minimum atomic E-state index is -0.496. The number of hydrogen-bond donors (Lipinski definition) is 2. The second-order valence-corrected chi connectivity index (χ2v) is 6.85. The van der Waals surface area contributed by atoms with E-state index in [0.717, 1.165) is 18.6 Å². The maximum absolute atomic E-state index is 12.4. The molecule has 1 aromatic rings. The molecule has 0 aromatic heterocycles. The Hall–Kier alpha value is -1.10. The van der Waals surface area contributed by atoms with E-state index in [1.807, 2.05) is 30.3 Å². The van der Waals surface area contributed by atoms with Gasteiger partial charge in [0.05, 0.1) is 12.1 Å².